The fourth-order valence-corrected chi connectivity index (χ4v) is 1.23. The smallest absolute Gasteiger partial charge is 0.135 e. The van der Waals surface area contributed by atoms with Crippen LogP contribution < -0.4 is 4.74 Å². The molecule has 0 aromatic heterocycles. The third-order valence-corrected chi connectivity index (χ3v) is 2.06. The van der Waals surface area contributed by atoms with Gasteiger partial charge in [-0.2, -0.15) is 0 Å². The Bertz CT molecular complexity index is 366. The zero-order chi connectivity index (χ0) is 11.6. The second-order valence-corrected chi connectivity index (χ2v) is 3.46. The predicted molar refractivity (Wildman–Crippen MR) is 66.0 cm³/mol. The van der Waals surface area contributed by atoms with E-state index < -0.39 is 0 Å². The lowest BCUT2D eigenvalue weighted by Crippen LogP contribution is -2.05. The van der Waals surface area contributed by atoms with Gasteiger partial charge in [-0.05, 0) is 12.1 Å². The van der Waals surface area contributed by atoms with E-state index in [-0.39, 0.29) is 0 Å². The van der Waals surface area contributed by atoms with Crippen LogP contribution in [-0.4, -0.2) is 26.2 Å². The molecule has 0 radical (unpaired) electrons. The molecule has 0 saturated heterocycles. The molecule has 1 rings (SSSR count). The average Bonchev–Trinajstić information content (AvgIpc) is 2.32. The van der Waals surface area contributed by atoms with Crippen LogP contribution in [0.3, 0.4) is 0 Å². The molecule has 2 nitrogen and oxygen atoms in total. The molecule has 0 aliphatic rings. The number of benzene rings is 1. The molecule has 0 spiro atoms. The van der Waals surface area contributed by atoms with Gasteiger partial charge in [0.25, 0.3) is 0 Å². The fourth-order valence-electron chi connectivity index (χ4n) is 1.14. The SMILES string of the molecule is COCCOc1ccccc1C#CCCCl. The van der Waals surface area contributed by atoms with Crippen molar-refractivity contribution in [3.8, 4) is 17.6 Å². The highest BCUT2D eigenvalue weighted by Crippen LogP contribution is 2.16. The summed E-state index contributed by atoms with van der Waals surface area (Å²) in [6.45, 7) is 1.11. The summed E-state index contributed by atoms with van der Waals surface area (Å²) in [5.74, 6) is 7.38. The molecule has 0 heterocycles. The molecule has 0 aliphatic carbocycles. The van der Waals surface area contributed by atoms with Crippen LogP contribution in [-0.2, 0) is 4.74 Å². The predicted octanol–water partition coefficient (Wildman–Crippen LogP) is 2.69. The highest BCUT2D eigenvalue weighted by atomic mass is 35.5. The monoisotopic (exact) mass is 238 g/mol. The van der Waals surface area contributed by atoms with Crippen molar-refractivity contribution < 1.29 is 9.47 Å². The van der Waals surface area contributed by atoms with Gasteiger partial charge >= 0.3 is 0 Å². The van der Waals surface area contributed by atoms with Gasteiger partial charge in [-0.25, -0.2) is 0 Å². The van der Waals surface area contributed by atoms with E-state index in [1.54, 1.807) is 7.11 Å². The van der Waals surface area contributed by atoms with E-state index in [2.05, 4.69) is 11.8 Å². The van der Waals surface area contributed by atoms with Gasteiger partial charge in [-0.1, -0.05) is 24.0 Å². The Morgan fingerprint density at radius 2 is 2.06 bits per heavy atom. The van der Waals surface area contributed by atoms with Gasteiger partial charge in [0.05, 0.1) is 12.2 Å². The van der Waals surface area contributed by atoms with Gasteiger partial charge in [0.2, 0.25) is 0 Å². The van der Waals surface area contributed by atoms with Gasteiger partial charge in [-0.3, -0.25) is 0 Å². The number of ether oxygens (including phenoxy) is 2. The molecule has 0 N–H and O–H groups in total. The number of hydrogen-bond donors (Lipinski definition) is 0. The molecular weight excluding hydrogens is 224 g/mol. The van der Waals surface area contributed by atoms with E-state index in [1.165, 1.54) is 0 Å². The van der Waals surface area contributed by atoms with Crippen molar-refractivity contribution in [2.24, 2.45) is 0 Å². The van der Waals surface area contributed by atoms with Crippen molar-refractivity contribution in [2.45, 2.75) is 6.42 Å². The average molecular weight is 239 g/mol. The van der Waals surface area contributed by atoms with Crippen LogP contribution in [0.25, 0.3) is 0 Å². The van der Waals surface area contributed by atoms with Crippen molar-refractivity contribution in [1.29, 1.82) is 0 Å². The van der Waals surface area contributed by atoms with Crippen molar-refractivity contribution in [2.75, 3.05) is 26.2 Å². The van der Waals surface area contributed by atoms with Crippen molar-refractivity contribution in [3.05, 3.63) is 29.8 Å². The molecule has 0 fully saturated rings. The maximum atomic E-state index is 5.56. The van der Waals surface area contributed by atoms with Gasteiger partial charge in [0, 0.05) is 19.4 Å². The van der Waals surface area contributed by atoms with E-state index >= 15 is 0 Å². The summed E-state index contributed by atoms with van der Waals surface area (Å²) in [4.78, 5) is 0. The Morgan fingerprint density at radius 1 is 1.25 bits per heavy atom. The van der Waals surface area contributed by atoms with Gasteiger partial charge in [0.1, 0.15) is 12.4 Å². The zero-order valence-corrected chi connectivity index (χ0v) is 10.1. The van der Waals surface area contributed by atoms with Crippen LogP contribution in [0.1, 0.15) is 12.0 Å². The van der Waals surface area contributed by atoms with Crippen LogP contribution in [0.2, 0.25) is 0 Å². The summed E-state index contributed by atoms with van der Waals surface area (Å²) in [6.07, 6.45) is 0.688. The van der Waals surface area contributed by atoms with Crippen molar-refractivity contribution in [3.63, 3.8) is 0 Å². The van der Waals surface area contributed by atoms with Crippen LogP contribution >= 0.6 is 11.6 Å². The standard InChI is InChI=1S/C13H15ClO2/c1-15-10-11-16-13-8-3-2-6-12(13)7-4-5-9-14/h2-3,6,8H,5,9-11H2,1H3. The fraction of sp³-hybridized carbons (Fsp3) is 0.385. The molecule has 0 atom stereocenters. The normalized spacial score (nSPS) is 9.38. The first-order valence-electron chi connectivity index (χ1n) is 5.14. The minimum atomic E-state index is 0.532. The van der Waals surface area contributed by atoms with Crippen LogP contribution in [0.5, 0.6) is 5.75 Å². The summed E-state index contributed by atoms with van der Waals surface area (Å²) in [7, 11) is 1.65. The summed E-state index contributed by atoms with van der Waals surface area (Å²) < 4.78 is 10.5. The number of rotatable bonds is 5. The molecule has 0 aliphatic heterocycles. The molecular formula is C13H15ClO2. The maximum Gasteiger partial charge on any atom is 0.135 e. The summed E-state index contributed by atoms with van der Waals surface area (Å²) in [5.41, 5.74) is 0.892. The molecule has 0 unspecified atom stereocenters. The Morgan fingerprint density at radius 3 is 2.81 bits per heavy atom. The van der Waals surface area contributed by atoms with Crippen LogP contribution in [0.15, 0.2) is 24.3 Å². The summed E-state index contributed by atoms with van der Waals surface area (Å²) >= 11 is 5.56. The van der Waals surface area contributed by atoms with E-state index in [9.17, 15) is 0 Å². The van der Waals surface area contributed by atoms with E-state index in [0.29, 0.717) is 25.5 Å². The molecule has 0 amide bonds. The number of halogens is 1. The first kappa shape index (κ1) is 12.9. The third-order valence-electron chi connectivity index (χ3n) is 1.87. The summed E-state index contributed by atoms with van der Waals surface area (Å²) in [5, 5.41) is 0. The van der Waals surface area contributed by atoms with E-state index in [0.717, 1.165) is 11.3 Å². The lowest BCUT2D eigenvalue weighted by molar-refractivity contribution is 0.146. The summed E-state index contributed by atoms with van der Waals surface area (Å²) in [6, 6.07) is 7.70. The second kappa shape index (κ2) is 8.04. The lowest BCUT2D eigenvalue weighted by Gasteiger charge is -2.06. The minimum absolute atomic E-state index is 0.532. The van der Waals surface area contributed by atoms with Crippen LogP contribution in [0, 0.1) is 11.8 Å². The third kappa shape index (κ3) is 4.57. The Labute approximate surface area is 102 Å². The topological polar surface area (TPSA) is 18.5 Å². The largest absolute Gasteiger partial charge is 0.490 e. The van der Waals surface area contributed by atoms with Crippen molar-refractivity contribution in [1.82, 2.24) is 0 Å². The highest BCUT2D eigenvalue weighted by Gasteiger charge is 1.98. The number of alkyl halides is 1. The number of para-hydroxylation sites is 1. The Balaban J connectivity index is 2.65. The Hall–Kier alpha value is -1.17. The first-order chi connectivity index (χ1) is 7.88. The molecule has 1 aromatic rings. The van der Waals surface area contributed by atoms with Crippen molar-refractivity contribution >= 4 is 11.6 Å². The molecule has 1 aromatic carbocycles. The number of methoxy groups -OCH3 is 1. The minimum Gasteiger partial charge on any atom is -0.490 e. The molecule has 86 valence electrons. The highest BCUT2D eigenvalue weighted by molar-refractivity contribution is 6.18. The Kier molecular flexibility index (Phi) is 6.48. The quantitative estimate of drug-likeness (QED) is 0.446. The maximum absolute atomic E-state index is 5.56. The molecule has 16 heavy (non-hydrogen) atoms. The van der Waals surface area contributed by atoms with Gasteiger partial charge in [0.15, 0.2) is 0 Å². The lowest BCUT2D eigenvalue weighted by atomic mass is 10.2. The van der Waals surface area contributed by atoms with E-state index in [1.807, 2.05) is 24.3 Å². The zero-order valence-electron chi connectivity index (χ0n) is 9.33. The molecule has 0 bridgehead atoms. The molecule has 0 saturated carbocycles. The van der Waals surface area contributed by atoms with Gasteiger partial charge < -0.3 is 9.47 Å². The second-order valence-electron chi connectivity index (χ2n) is 3.08. The number of hydrogen-bond acceptors (Lipinski definition) is 2. The van der Waals surface area contributed by atoms with E-state index in [4.69, 9.17) is 21.1 Å². The van der Waals surface area contributed by atoms with Crippen LogP contribution in [0.4, 0.5) is 0 Å². The molecule has 3 heteroatoms. The first-order valence-corrected chi connectivity index (χ1v) is 5.67. The van der Waals surface area contributed by atoms with Gasteiger partial charge in [-0.15, -0.1) is 11.6 Å².